The third-order valence-electron chi connectivity index (χ3n) is 7.03. The second-order valence-corrected chi connectivity index (χ2v) is 9.36. The van der Waals surface area contributed by atoms with Gasteiger partial charge >= 0.3 is 0 Å². The van der Waals surface area contributed by atoms with E-state index in [2.05, 4.69) is 5.32 Å². The first-order valence-electron chi connectivity index (χ1n) is 11.7. The Morgan fingerprint density at radius 2 is 1.40 bits per heavy atom. The molecule has 0 spiro atoms. The molecule has 15 nitrogen and oxygen atoms in total. The lowest BCUT2D eigenvalue weighted by Gasteiger charge is -2.48. The van der Waals surface area contributed by atoms with Crippen molar-refractivity contribution in [3.05, 3.63) is 0 Å². The van der Waals surface area contributed by atoms with E-state index in [0.717, 1.165) is 0 Å². The Kier molecular flexibility index (Phi) is 10.2. The lowest BCUT2D eigenvalue weighted by atomic mass is 9.83. The highest BCUT2D eigenvalue weighted by Gasteiger charge is 2.52. The Morgan fingerprint density at radius 1 is 0.800 bits per heavy atom. The quantitative estimate of drug-likeness (QED) is 0.144. The minimum Gasteiger partial charge on any atom is -0.394 e. The van der Waals surface area contributed by atoms with Crippen LogP contribution in [0.4, 0.5) is 0 Å². The summed E-state index contributed by atoms with van der Waals surface area (Å²) in [6.07, 6.45) is -15.5. The van der Waals surface area contributed by atoms with Gasteiger partial charge in [0.1, 0.15) is 54.9 Å². The SMILES string of the molecule is CN[C@@H]1C[C@H](N)C(O[C@H]2O[C@H](CCN)[C@@H](O)[C@H](O)[C@H]2O)[C@H](O)[C@H]1O[C@H]1O[C@H](CO)[C@@H](O)[C@H](N)[C@H]1O. The molecular formula is C20H40N4O11. The topological polar surface area (TPSA) is 269 Å². The van der Waals surface area contributed by atoms with Gasteiger partial charge in [-0.3, -0.25) is 0 Å². The third-order valence-corrected chi connectivity index (χ3v) is 7.03. The van der Waals surface area contributed by atoms with Crippen molar-refractivity contribution in [3.8, 4) is 0 Å². The summed E-state index contributed by atoms with van der Waals surface area (Å²) >= 11 is 0. The number of nitrogens with two attached hydrogens (primary N) is 3. The van der Waals surface area contributed by atoms with Crippen LogP contribution in [0.3, 0.4) is 0 Å². The molecule has 0 bridgehead atoms. The highest BCUT2D eigenvalue weighted by Crippen LogP contribution is 2.32. The molecule has 3 rings (SSSR count). The van der Waals surface area contributed by atoms with Gasteiger partial charge in [0.05, 0.1) is 18.8 Å². The standard InChI is InChI=1S/C20H40N4O11/c1-24-7-4-6(22)17(34-20-15(30)14(29)12(27)8(32-20)2-3-21)16(31)18(7)35-19-13(28)10(23)11(26)9(5-25)33-19/h6-20,24-31H,2-5,21-23H2,1H3/t6-,7+,8+,9+,10-,11+,12+,13+,14-,15+,16-,17?,18-,19+,20+/m0/s1. The van der Waals surface area contributed by atoms with Crippen LogP contribution in [0.1, 0.15) is 12.8 Å². The summed E-state index contributed by atoms with van der Waals surface area (Å²) in [4.78, 5) is 0. The predicted molar refractivity (Wildman–Crippen MR) is 117 cm³/mol. The molecule has 0 radical (unpaired) electrons. The van der Waals surface area contributed by atoms with E-state index >= 15 is 0 Å². The molecule has 1 saturated carbocycles. The number of aliphatic hydroxyl groups is 7. The van der Waals surface area contributed by atoms with Crippen LogP contribution in [0.5, 0.6) is 0 Å². The van der Waals surface area contributed by atoms with Crippen LogP contribution in [-0.2, 0) is 18.9 Å². The van der Waals surface area contributed by atoms with Crippen LogP contribution in [-0.4, -0.2) is 148 Å². The molecule has 15 atom stereocenters. The minimum absolute atomic E-state index is 0.151. The van der Waals surface area contributed by atoms with Gasteiger partial charge in [-0.1, -0.05) is 0 Å². The van der Waals surface area contributed by atoms with E-state index in [1.165, 1.54) is 0 Å². The molecule has 35 heavy (non-hydrogen) atoms. The molecule has 15 heteroatoms. The van der Waals surface area contributed by atoms with Crippen LogP contribution >= 0.6 is 0 Å². The van der Waals surface area contributed by atoms with Crippen LogP contribution in [0.15, 0.2) is 0 Å². The zero-order chi connectivity index (χ0) is 26.0. The van der Waals surface area contributed by atoms with Gasteiger partial charge in [0, 0.05) is 12.1 Å². The number of ether oxygens (including phenoxy) is 4. The summed E-state index contributed by atoms with van der Waals surface area (Å²) in [5, 5.41) is 74.9. The van der Waals surface area contributed by atoms with Crippen molar-refractivity contribution in [1.82, 2.24) is 5.32 Å². The Morgan fingerprint density at radius 3 is 2.00 bits per heavy atom. The molecule has 2 aliphatic heterocycles. The molecule has 2 heterocycles. The smallest absolute Gasteiger partial charge is 0.187 e. The molecule has 14 N–H and O–H groups in total. The highest BCUT2D eigenvalue weighted by atomic mass is 16.7. The van der Waals surface area contributed by atoms with Gasteiger partial charge in [0.2, 0.25) is 0 Å². The van der Waals surface area contributed by atoms with E-state index in [-0.39, 0.29) is 19.4 Å². The zero-order valence-corrected chi connectivity index (χ0v) is 19.5. The number of rotatable bonds is 8. The van der Waals surface area contributed by atoms with Crippen molar-refractivity contribution in [2.45, 2.75) is 105 Å². The Bertz CT molecular complexity index is 667. The molecule has 1 unspecified atom stereocenters. The van der Waals surface area contributed by atoms with E-state index in [4.69, 9.17) is 36.1 Å². The molecule has 0 aromatic carbocycles. The van der Waals surface area contributed by atoms with E-state index < -0.39 is 98.4 Å². The van der Waals surface area contributed by atoms with Crippen molar-refractivity contribution in [2.24, 2.45) is 17.2 Å². The van der Waals surface area contributed by atoms with Crippen LogP contribution in [0.25, 0.3) is 0 Å². The summed E-state index contributed by atoms with van der Waals surface area (Å²) in [5.74, 6) is 0. The van der Waals surface area contributed by atoms with Gasteiger partial charge in [-0.25, -0.2) is 0 Å². The summed E-state index contributed by atoms with van der Waals surface area (Å²) in [5.41, 5.74) is 17.6. The number of likely N-dealkylation sites (N-methyl/N-ethyl adjacent to an activating group) is 1. The summed E-state index contributed by atoms with van der Waals surface area (Å²) in [6, 6.07) is -2.46. The molecule has 0 amide bonds. The van der Waals surface area contributed by atoms with Gasteiger partial charge < -0.3 is 77.2 Å². The van der Waals surface area contributed by atoms with E-state index in [0.29, 0.717) is 0 Å². The Labute approximate surface area is 202 Å². The summed E-state index contributed by atoms with van der Waals surface area (Å²) < 4.78 is 22.8. The van der Waals surface area contributed by atoms with Crippen LogP contribution < -0.4 is 22.5 Å². The monoisotopic (exact) mass is 512 g/mol. The fourth-order valence-corrected chi connectivity index (χ4v) is 4.85. The van der Waals surface area contributed by atoms with Crippen LogP contribution in [0.2, 0.25) is 0 Å². The maximum Gasteiger partial charge on any atom is 0.187 e. The van der Waals surface area contributed by atoms with E-state index in [9.17, 15) is 35.7 Å². The highest BCUT2D eigenvalue weighted by molar-refractivity contribution is 5.02. The lowest BCUT2D eigenvalue weighted by Crippen LogP contribution is -2.68. The average Bonchev–Trinajstić information content (AvgIpc) is 2.84. The average molecular weight is 513 g/mol. The molecule has 0 aromatic heterocycles. The van der Waals surface area contributed by atoms with Gasteiger partial charge in [0.15, 0.2) is 12.6 Å². The molecule has 3 aliphatic rings. The van der Waals surface area contributed by atoms with Crippen molar-refractivity contribution < 1.29 is 54.7 Å². The van der Waals surface area contributed by atoms with Gasteiger partial charge in [-0.2, -0.15) is 0 Å². The van der Waals surface area contributed by atoms with Gasteiger partial charge in [-0.05, 0) is 26.4 Å². The molecule has 1 aliphatic carbocycles. The summed E-state index contributed by atoms with van der Waals surface area (Å²) in [7, 11) is 1.62. The largest absolute Gasteiger partial charge is 0.394 e. The van der Waals surface area contributed by atoms with E-state index in [1.807, 2.05) is 0 Å². The normalized spacial score (nSPS) is 51.3. The number of hydrogen-bond donors (Lipinski definition) is 11. The number of hydrogen-bond acceptors (Lipinski definition) is 15. The second kappa shape index (κ2) is 12.3. The van der Waals surface area contributed by atoms with Crippen LogP contribution in [0, 0.1) is 0 Å². The fraction of sp³-hybridized carbons (Fsp3) is 1.00. The second-order valence-electron chi connectivity index (χ2n) is 9.36. The van der Waals surface area contributed by atoms with Crippen molar-refractivity contribution in [3.63, 3.8) is 0 Å². The fourth-order valence-electron chi connectivity index (χ4n) is 4.85. The summed E-state index contributed by atoms with van der Waals surface area (Å²) in [6.45, 7) is -0.423. The first-order chi connectivity index (χ1) is 16.5. The molecule has 2 saturated heterocycles. The molecular weight excluding hydrogens is 472 g/mol. The number of aliphatic hydroxyl groups excluding tert-OH is 7. The van der Waals surface area contributed by atoms with Crippen molar-refractivity contribution >= 4 is 0 Å². The number of nitrogens with one attached hydrogen (secondary N) is 1. The molecule has 3 fully saturated rings. The first kappa shape index (κ1) is 29.0. The first-order valence-corrected chi connectivity index (χ1v) is 11.7. The third kappa shape index (κ3) is 5.95. The maximum absolute atomic E-state index is 11.2. The molecule has 0 aromatic rings. The van der Waals surface area contributed by atoms with Gasteiger partial charge in [-0.15, -0.1) is 0 Å². The van der Waals surface area contributed by atoms with Crippen molar-refractivity contribution in [1.29, 1.82) is 0 Å². The van der Waals surface area contributed by atoms with E-state index in [1.54, 1.807) is 7.05 Å². The predicted octanol–water partition coefficient (Wildman–Crippen LogP) is -6.64. The van der Waals surface area contributed by atoms with Gasteiger partial charge in [0.25, 0.3) is 0 Å². The lowest BCUT2D eigenvalue weighted by molar-refractivity contribution is -0.334. The Balaban J connectivity index is 1.76. The maximum atomic E-state index is 11.2. The Hall–Kier alpha value is -0.600. The zero-order valence-electron chi connectivity index (χ0n) is 19.5. The minimum atomic E-state index is -1.63. The molecule has 206 valence electrons. The van der Waals surface area contributed by atoms with Crippen molar-refractivity contribution in [2.75, 3.05) is 20.2 Å².